The van der Waals surface area contributed by atoms with E-state index < -0.39 is 21.8 Å². The van der Waals surface area contributed by atoms with Crippen LogP contribution < -0.4 is 0 Å². The van der Waals surface area contributed by atoms with Gasteiger partial charge in [-0.05, 0) is 46.2 Å². The highest BCUT2D eigenvalue weighted by Crippen LogP contribution is 2.13. The number of hydrogen-bond acceptors (Lipinski definition) is 17. The number of hydrogen-bond donors (Lipinski definition) is 0. The van der Waals surface area contributed by atoms with Gasteiger partial charge in [0.15, 0.2) is 0 Å². The molecule has 19 heteroatoms. The van der Waals surface area contributed by atoms with Gasteiger partial charge in [-0.3, -0.25) is 9.02 Å². The summed E-state index contributed by atoms with van der Waals surface area (Å²) in [6.45, 7) is 19.2. The van der Waals surface area contributed by atoms with Crippen molar-refractivity contribution in [1.29, 1.82) is 0 Å². The summed E-state index contributed by atoms with van der Waals surface area (Å²) in [5.74, 6) is 0. The molecule has 0 spiro atoms. The van der Waals surface area contributed by atoms with Crippen LogP contribution in [0.2, 0.25) is 0 Å². The monoisotopic (exact) mass is 857 g/mol. The van der Waals surface area contributed by atoms with Crippen LogP contribution in [-0.2, 0) is 76.0 Å². The standard InChI is InChI=1S/C39H71NO17S/c1-6-11-40(38(41)57-39(3,4)5)55-34-32-53-30-28-51-26-24-49-22-20-47-18-16-45-14-12-44-13-15-46-17-19-48-21-23-50-25-27-52-29-31-54-33-35-56-58(42,43)37-9-7-36(2)8-10-37/h7-10H,6,11-35H2,1-5H3. The van der Waals surface area contributed by atoms with E-state index in [1.807, 2.05) is 34.6 Å². The van der Waals surface area contributed by atoms with Crippen LogP contribution in [0.1, 0.15) is 39.7 Å². The zero-order valence-corrected chi connectivity index (χ0v) is 36.3. The number of carbonyl (C=O) groups excluding carboxylic acids is 1. The summed E-state index contributed by atoms with van der Waals surface area (Å²) in [5, 5.41) is 1.23. The van der Waals surface area contributed by atoms with Gasteiger partial charge in [-0.15, -0.1) is 0 Å². The third-order valence-corrected chi connectivity index (χ3v) is 8.32. The predicted molar refractivity (Wildman–Crippen MR) is 213 cm³/mol. The molecule has 0 aliphatic rings. The zero-order valence-electron chi connectivity index (χ0n) is 35.5. The van der Waals surface area contributed by atoms with Crippen molar-refractivity contribution < 1.29 is 79.1 Å². The lowest BCUT2D eigenvalue weighted by Gasteiger charge is -2.26. The predicted octanol–water partition coefficient (Wildman–Crippen LogP) is 3.46. The summed E-state index contributed by atoms with van der Waals surface area (Å²) in [6, 6.07) is 6.47. The van der Waals surface area contributed by atoms with Crippen molar-refractivity contribution in [3.63, 3.8) is 0 Å². The fraction of sp³-hybridized carbons (Fsp3) is 0.821. The van der Waals surface area contributed by atoms with Gasteiger partial charge < -0.3 is 56.8 Å². The second-order valence-electron chi connectivity index (χ2n) is 13.2. The molecule has 340 valence electrons. The number of ether oxygens (including phenoxy) is 12. The van der Waals surface area contributed by atoms with Crippen molar-refractivity contribution >= 4 is 16.2 Å². The molecule has 0 unspecified atom stereocenters. The Bertz CT molecular complexity index is 1190. The molecule has 0 atom stereocenters. The lowest BCUT2D eigenvalue weighted by atomic mass is 10.2. The normalized spacial score (nSPS) is 12.0. The molecule has 0 aliphatic heterocycles. The van der Waals surface area contributed by atoms with Crippen molar-refractivity contribution in [2.45, 2.75) is 51.5 Å². The van der Waals surface area contributed by atoms with Crippen molar-refractivity contribution in [2.75, 3.05) is 165 Å². The summed E-state index contributed by atoms with van der Waals surface area (Å²) >= 11 is 0. The summed E-state index contributed by atoms with van der Waals surface area (Å²) in [6.07, 6.45) is 0.247. The first-order valence-electron chi connectivity index (χ1n) is 20.0. The Morgan fingerprint density at radius 2 is 0.793 bits per heavy atom. The Balaban J connectivity index is 1.71. The molecule has 0 saturated carbocycles. The Morgan fingerprint density at radius 3 is 1.09 bits per heavy atom. The third kappa shape index (κ3) is 33.7. The number of carbonyl (C=O) groups is 1. The van der Waals surface area contributed by atoms with Crippen LogP contribution in [0.4, 0.5) is 4.79 Å². The minimum absolute atomic E-state index is 0.0663. The number of amides is 1. The molecule has 1 aromatic rings. The minimum Gasteiger partial charge on any atom is -0.442 e. The SMILES string of the molecule is CCCN(OCCOCCOCCOCCOCCOCCOCCOCCOCCOCCOCCOCCOS(=O)(=O)c1ccc(C)cc1)C(=O)OC(C)(C)C. The second-order valence-corrected chi connectivity index (χ2v) is 14.9. The largest absolute Gasteiger partial charge is 0.442 e. The highest BCUT2D eigenvalue weighted by Gasteiger charge is 2.22. The quantitative estimate of drug-likeness (QED) is 0.0530. The Labute approximate surface area is 346 Å². The molecule has 0 aromatic heterocycles. The number of hydroxylamine groups is 2. The van der Waals surface area contributed by atoms with E-state index in [0.717, 1.165) is 12.0 Å². The summed E-state index contributed by atoms with van der Waals surface area (Å²) in [7, 11) is -3.78. The molecule has 0 radical (unpaired) electrons. The van der Waals surface area contributed by atoms with Gasteiger partial charge in [0.05, 0.1) is 170 Å². The van der Waals surface area contributed by atoms with Gasteiger partial charge in [0.2, 0.25) is 0 Å². The summed E-state index contributed by atoms with van der Waals surface area (Å²) < 4.78 is 94.6. The van der Waals surface area contributed by atoms with E-state index in [2.05, 4.69) is 0 Å². The van der Waals surface area contributed by atoms with E-state index in [0.29, 0.717) is 145 Å². The number of rotatable bonds is 41. The van der Waals surface area contributed by atoms with Crippen LogP contribution in [0.15, 0.2) is 29.2 Å². The fourth-order valence-corrected chi connectivity index (χ4v) is 5.10. The number of benzene rings is 1. The summed E-state index contributed by atoms with van der Waals surface area (Å²) in [4.78, 5) is 17.8. The molecule has 1 rings (SSSR count). The van der Waals surface area contributed by atoms with Crippen molar-refractivity contribution in [3.8, 4) is 0 Å². The molecule has 1 amide bonds. The minimum atomic E-state index is -3.78. The van der Waals surface area contributed by atoms with Gasteiger partial charge in [-0.1, -0.05) is 24.6 Å². The van der Waals surface area contributed by atoms with Gasteiger partial charge in [0, 0.05) is 0 Å². The van der Waals surface area contributed by atoms with E-state index in [1.54, 1.807) is 12.1 Å². The Kier molecular flexibility index (Phi) is 34.2. The highest BCUT2D eigenvalue weighted by molar-refractivity contribution is 7.86. The molecular formula is C39H71NO17S. The molecule has 0 saturated heterocycles. The average Bonchev–Trinajstić information content (AvgIpc) is 3.18. The maximum atomic E-state index is 12.2. The topological polar surface area (TPSA) is 184 Å². The molecule has 1 aromatic carbocycles. The van der Waals surface area contributed by atoms with E-state index in [9.17, 15) is 13.2 Å². The molecule has 0 N–H and O–H groups in total. The maximum Gasteiger partial charge on any atom is 0.434 e. The summed E-state index contributed by atoms with van der Waals surface area (Å²) in [5.41, 5.74) is 0.388. The average molecular weight is 858 g/mol. The third-order valence-electron chi connectivity index (χ3n) is 6.99. The van der Waals surface area contributed by atoms with E-state index in [4.69, 9.17) is 65.9 Å². The first-order chi connectivity index (χ1) is 28.0. The van der Waals surface area contributed by atoms with Crippen LogP contribution in [0.5, 0.6) is 0 Å². The van der Waals surface area contributed by atoms with Crippen LogP contribution in [0, 0.1) is 6.92 Å². The first-order valence-corrected chi connectivity index (χ1v) is 21.4. The molecule has 0 fully saturated rings. The van der Waals surface area contributed by atoms with Gasteiger partial charge in [0.25, 0.3) is 10.1 Å². The fourth-order valence-electron chi connectivity index (χ4n) is 4.21. The van der Waals surface area contributed by atoms with E-state index >= 15 is 0 Å². The van der Waals surface area contributed by atoms with Crippen LogP contribution in [-0.4, -0.2) is 190 Å². The van der Waals surface area contributed by atoms with Crippen molar-refractivity contribution in [2.24, 2.45) is 0 Å². The van der Waals surface area contributed by atoms with Gasteiger partial charge in [-0.2, -0.15) is 13.5 Å². The maximum absolute atomic E-state index is 12.2. The van der Waals surface area contributed by atoms with Gasteiger partial charge in [-0.25, -0.2) is 4.79 Å². The first kappa shape index (κ1) is 53.9. The van der Waals surface area contributed by atoms with Gasteiger partial charge >= 0.3 is 6.09 Å². The smallest absolute Gasteiger partial charge is 0.434 e. The van der Waals surface area contributed by atoms with Crippen molar-refractivity contribution in [1.82, 2.24) is 5.06 Å². The Hall–Kier alpha value is -2.08. The number of nitrogens with zero attached hydrogens (tertiary/aromatic N) is 1. The molecular weight excluding hydrogens is 786 g/mol. The molecule has 0 aliphatic carbocycles. The van der Waals surface area contributed by atoms with Crippen molar-refractivity contribution in [3.05, 3.63) is 29.8 Å². The zero-order chi connectivity index (χ0) is 42.4. The van der Waals surface area contributed by atoms with Crippen LogP contribution in [0.25, 0.3) is 0 Å². The Morgan fingerprint density at radius 1 is 0.500 bits per heavy atom. The lowest BCUT2D eigenvalue weighted by Crippen LogP contribution is -2.38. The highest BCUT2D eigenvalue weighted by atomic mass is 32.2. The lowest BCUT2D eigenvalue weighted by molar-refractivity contribution is -0.157. The van der Waals surface area contributed by atoms with Crippen LogP contribution >= 0.6 is 0 Å². The molecule has 18 nitrogen and oxygen atoms in total. The number of aryl methyl sites for hydroxylation is 1. The molecule has 58 heavy (non-hydrogen) atoms. The van der Waals surface area contributed by atoms with Gasteiger partial charge in [0.1, 0.15) is 5.60 Å². The van der Waals surface area contributed by atoms with Crippen LogP contribution in [0.3, 0.4) is 0 Å². The van der Waals surface area contributed by atoms with E-state index in [-0.39, 0.29) is 24.7 Å². The second kappa shape index (κ2) is 36.7. The van der Waals surface area contributed by atoms with E-state index in [1.165, 1.54) is 17.2 Å². The molecule has 0 bridgehead atoms. The molecule has 0 heterocycles.